The van der Waals surface area contributed by atoms with Crippen LogP contribution in [-0.2, 0) is 14.5 Å². The molecule has 0 bridgehead atoms. The van der Waals surface area contributed by atoms with Gasteiger partial charge in [-0.3, -0.25) is 0 Å². The molecule has 116 valence electrons. The highest BCUT2D eigenvalue weighted by molar-refractivity contribution is 4.86. The minimum absolute atomic E-state index is 1.45. The number of nitrogens with zero attached hydrogens (tertiary/aromatic N) is 3. The molecular formula is C5H9N3O12. The molecule has 0 aromatic rings. The van der Waals surface area contributed by atoms with Crippen molar-refractivity contribution < 1.29 is 45.1 Å². The van der Waals surface area contributed by atoms with Crippen LogP contribution in [0, 0.1) is 35.8 Å². The Hall–Kier alpha value is -2.52. The van der Waals surface area contributed by atoms with Gasteiger partial charge in [-0.2, -0.15) is 0 Å². The Labute approximate surface area is 108 Å². The zero-order valence-corrected chi connectivity index (χ0v) is 9.48. The fourth-order valence-corrected chi connectivity index (χ4v) is 1.08. The van der Waals surface area contributed by atoms with Crippen LogP contribution >= 0.6 is 0 Å². The molecule has 15 nitrogen and oxygen atoms in total. The molecule has 0 aliphatic carbocycles. The van der Waals surface area contributed by atoms with E-state index in [9.17, 15) is 30.3 Å². The van der Waals surface area contributed by atoms with Crippen LogP contribution < -0.4 is 0 Å². The van der Waals surface area contributed by atoms with Gasteiger partial charge < -0.3 is 15.3 Å². The second-order valence-corrected chi connectivity index (χ2v) is 3.26. The van der Waals surface area contributed by atoms with E-state index in [1.54, 1.807) is 0 Å². The third-order valence-electron chi connectivity index (χ3n) is 2.14. The summed E-state index contributed by atoms with van der Waals surface area (Å²) in [5.41, 5.74) is -2.79. The number of aliphatic hydroxyl groups is 3. The maximum atomic E-state index is 10.3. The predicted octanol–water partition coefficient (Wildman–Crippen LogP) is -2.77. The number of hydrogen-bond donors (Lipinski definition) is 3. The lowest BCUT2D eigenvalue weighted by molar-refractivity contribution is -0.964. The molecule has 20 heavy (non-hydrogen) atoms. The van der Waals surface area contributed by atoms with E-state index in [1.165, 1.54) is 0 Å². The molecule has 0 aromatic heterocycles. The third kappa shape index (κ3) is 3.49. The number of hydrogen-bond acceptors (Lipinski definition) is 12. The van der Waals surface area contributed by atoms with E-state index in [0.29, 0.717) is 0 Å². The maximum Gasteiger partial charge on any atom is 0.419 e. The lowest BCUT2D eigenvalue weighted by atomic mass is 9.88. The molecule has 0 amide bonds. The molecule has 0 aliphatic heterocycles. The summed E-state index contributed by atoms with van der Waals surface area (Å²) in [6, 6.07) is 0. The van der Waals surface area contributed by atoms with Gasteiger partial charge in [0, 0.05) is 0 Å². The molecule has 0 rings (SSSR count). The SMILES string of the molecule is O=[N+]([O-])OC(O[N+](=O)[O-])(O[N+](=O)[O-])C(CO)(CO)CO. The first kappa shape index (κ1) is 17.5. The van der Waals surface area contributed by atoms with Gasteiger partial charge in [0.25, 0.3) is 15.3 Å². The molecule has 3 N–H and O–H groups in total. The maximum absolute atomic E-state index is 10.3. The van der Waals surface area contributed by atoms with E-state index in [0.717, 1.165) is 0 Å². The van der Waals surface area contributed by atoms with Gasteiger partial charge in [0.15, 0.2) is 0 Å². The minimum Gasteiger partial charge on any atom is -0.395 e. The molecular weight excluding hydrogens is 294 g/mol. The lowest BCUT2D eigenvalue weighted by Gasteiger charge is -2.40. The lowest BCUT2D eigenvalue weighted by Crippen LogP contribution is -2.62. The van der Waals surface area contributed by atoms with Crippen molar-refractivity contribution in [3.8, 4) is 0 Å². The second kappa shape index (κ2) is 6.59. The summed E-state index contributed by atoms with van der Waals surface area (Å²) >= 11 is 0. The average molecular weight is 303 g/mol. The van der Waals surface area contributed by atoms with Crippen molar-refractivity contribution in [1.82, 2.24) is 0 Å². The van der Waals surface area contributed by atoms with Gasteiger partial charge in [-0.05, 0) is 0 Å². The molecule has 0 saturated heterocycles. The van der Waals surface area contributed by atoms with Crippen LogP contribution in [-0.4, -0.2) is 56.4 Å². The van der Waals surface area contributed by atoms with Crippen molar-refractivity contribution in [3.63, 3.8) is 0 Å². The highest BCUT2D eigenvalue weighted by Gasteiger charge is 2.62. The summed E-state index contributed by atoms with van der Waals surface area (Å²) in [5, 5.41) is 52.7. The first-order valence-corrected chi connectivity index (χ1v) is 4.51. The summed E-state index contributed by atoms with van der Waals surface area (Å²) in [6.07, 6.45) is 0. The standard InChI is InChI=1S/C5H9N3O12/c9-1-4(2-10,3-11)5(18-6(12)13,19-7(14)15)20-8(16)17/h9-11H,1-3H2. The number of rotatable bonds is 10. The Balaban J connectivity index is 5.96. The summed E-state index contributed by atoms with van der Waals surface area (Å²) < 4.78 is 0. The van der Waals surface area contributed by atoms with Crippen LogP contribution in [0.5, 0.6) is 0 Å². The van der Waals surface area contributed by atoms with E-state index in [4.69, 9.17) is 15.3 Å². The smallest absolute Gasteiger partial charge is 0.395 e. The summed E-state index contributed by atoms with van der Waals surface area (Å²) in [6.45, 7) is -4.35. The quantitative estimate of drug-likeness (QED) is 0.212. The second-order valence-electron chi connectivity index (χ2n) is 3.26. The zero-order chi connectivity index (χ0) is 16.0. The van der Waals surface area contributed by atoms with Crippen LogP contribution in [0.2, 0.25) is 0 Å². The Morgan fingerprint density at radius 2 is 1.00 bits per heavy atom. The van der Waals surface area contributed by atoms with Crippen LogP contribution in [0.25, 0.3) is 0 Å². The van der Waals surface area contributed by atoms with Crippen LogP contribution in [0.1, 0.15) is 0 Å². The van der Waals surface area contributed by atoms with Crippen molar-refractivity contribution in [2.24, 2.45) is 5.41 Å². The van der Waals surface area contributed by atoms with Gasteiger partial charge in [-0.1, -0.05) is 0 Å². The topological polar surface area (TPSA) is 218 Å². The molecule has 0 saturated carbocycles. The van der Waals surface area contributed by atoms with Crippen molar-refractivity contribution in [2.75, 3.05) is 19.8 Å². The Bertz CT molecular complexity index is 330. The van der Waals surface area contributed by atoms with Gasteiger partial charge in [0.05, 0.1) is 19.8 Å². The molecule has 0 spiro atoms. The monoisotopic (exact) mass is 303 g/mol. The van der Waals surface area contributed by atoms with E-state index < -0.39 is 46.5 Å². The van der Waals surface area contributed by atoms with E-state index in [1.807, 2.05) is 0 Å². The summed E-state index contributed by atoms with van der Waals surface area (Å²) in [7, 11) is 0. The van der Waals surface area contributed by atoms with E-state index >= 15 is 0 Å². The van der Waals surface area contributed by atoms with Gasteiger partial charge in [-0.15, -0.1) is 30.3 Å². The van der Waals surface area contributed by atoms with Crippen LogP contribution in [0.3, 0.4) is 0 Å². The Kier molecular flexibility index (Phi) is 5.76. The number of aliphatic hydroxyl groups excluding tert-OH is 3. The molecule has 0 fully saturated rings. The van der Waals surface area contributed by atoms with Crippen molar-refractivity contribution in [2.45, 2.75) is 5.97 Å². The molecule has 15 heteroatoms. The molecule has 0 heterocycles. The third-order valence-corrected chi connectivity index (χ3v) is 2.14. The largest absolute Gasteiger partial charge is 0.419 e. The van der Waals surface area contributed by atoms with Crippen molar-refractivity contribution >= 4 is 0 Å². The van der Waals surface area contributed by atoms with Gasteiger partial charge in [0.2, 0.25) is 0 Å². The molecule has 0 aliphatic rings. The van der Waals surface area contributed by atoms with Gasteiger partial charge in [0.1, 0.15) is 5.41 Å². The minimum atomic E-state index is -3.82. The van der Waals surface area contributed by atoms with Gasteiger partial charge >= 0.3 is 5.97 Å². The summed E-state index contributed by atoms with van der Waals surface area (Å²) in [4.78, 5) is 41.8. The molecule has 0 radical (unpaired) electrons. The van der Waals surface area contributed by atoms with E-state index in [2.05, 4.69) is 14.5 Å². The highest BCUT2D eigenvalue weighted by Crippen LogP contribution is 2.37. The van der Waals surface area contributed by atoms with Gasteiger partial charge in [-0.25, -0.2) is 14.5 Å². The Morgan fingerprint density at radius 1 is 0.750 bits per heavy atom. The highest BCUT2D eigenvalue weighted by atomic mass is 17.2. The molecule has 0 atom stereocenters. The first-order chi connectivity index (χ1) is 9.18. The van der Waals surface area contributed by atoms with E-state index in [-0.39, 0.29) is 0 Å². The van der Waals surface area contributed by atoms with Crippen molar-refractivity contribution in [1.29, 1.82) is 0 Å². The Morgan fingerprint density at radius 3 is 1.15 bits per heavy atom. The van der Waals surface area contributed by atoms with Crippen LogP contribution in [0.4, 0.5) is 0 Å². The first-order valence-electron chi connectivity index (χ1n) is 4.51. The predicted molar refractivity (Wildman–Crippen MR) is 50.7 cm³/mol. The molecule has 0 unspecified atom stereocenters. The fourth-order valence-electron chi connectivity index (χ4n) is 1.08. The summed E-state index contributed by atoms with van der Waals surface area (Å²) in [5.74, 6) is -3.82. The zero-order valence-electron chi connectivity index (χ0n) is 9.48. The van der Waals surface area contributed by atoms with Crippen molar-refractivity contribution in [3.05, 3.63) is 30.3 Å². The molecule has 0 aromatic carbocycles. The fraction of sp³-hybridized carbons (Fsp3) is 1.00. The van der Waals surface area contributed by atoms with Crippen LogP contribution in [0.15, 0.2) is 0 Å². The average Bonchev–Trinajstić information content (AvgIpc) is 2.28. The normalized spacial score (nSPS) is 11.6.